The minimum Gasteiger partial charge on any atom is -0.405 e. The molecule has 0 aliphatic carbocycles. The second-order valence-electron chi connectivity index (χ2n) is 4.36. The van der Waals surface area contributed by atoms with Crippen LogP contribution in [0.2, 0.25) is 0 Å². The summed E-state index contributed by atoms with van der Waals surface area (Å²) in [6.45, 7) is 0. The Kier molecular flexibility index (Phi) is 5.32. The van der Waals surface area contributed by atoms with E-state index in [-0.39, 0.29) is 6.07 Å². The molecule has 0 saturated heterocycles. The third kappa shape index (κ3) is 4.08. The normalized spacial score (nSPS) is 16.5. The summed E-state index contributed by atoms with van der Waals surface area (Å²) in [6, 6.07) is 0.701. The molecule has 0 amide bonds. The Hall–Kier alpha value is -1.34. The fourth-order valence-electron chi connectivity index (χ4n) is 1.61. The molecule has 0 saturated carbocycles. The smallest absolute Gasteiger partial charge is 0.405 e. The van der Waals surface area contributed by atoms with E-state index in [4.69, 9.17) is 0 Å². The van der Waals surface area contributed by atoms with Crippen molar-refractivity contribution in [2.45, 2.75) is 30.3 Å². The SMILES string of the molecule is FC(F)(F)Oc1[c]c(Br)cc(C(F)(C(F)(F)F)C(F)(F)C(F)(F)F)c1. The second kappa shape index (κ2) is 6.13. The number of benzene rings is 1. The van der Waals surface area contributed by atoms with Gasteiger partial charge in [-0.1, -0.05) is 15.9 Å². The molecule has 1 nitrogen and oxygen atoms in total. The molecule has 0 spiro atoms. The van der Waals surface area contributed by atoms with Crippen LogP contribution in [0.1, 0.15) is 5.56 Å². The van der Waals surface area contributed by atoms with Crippen molar-refractivity contribution >= 4 is 15.9 Å². The molecule has 0 aliphatic heterocycles. The summed E-state index contributed by atoms with van der Waals surface area (Å²) in [5.74, 6) is -8.78. The molecule has 25 heavy (non-hydrogen) atoms. The first-order chi connectivity index (χ1) is 10.8. The van der Waals surface area contributed by atoms with Gasteiger partial charge in [0.05, 0.1) is 0 Å². The predicted molar refractivity (Wildman–Crippen MR) is 59.5 cm³/mol. The van der Waals surface area contributed by atoms with Gasteiger partial charge in [0.25, 0.3) is 0 Å². The van der Waals surface area contributed by atoms with Gasteiger partial charge in [-0.05, 0) is 12.1 Å². The van der Waals surface area contributed by atoms with Gasteiger partial charge >= 0.3 is 30.3 Å². The van der Waals surface area contributed by atoms with E-state index in [1.807, 2.05) is 0 Å². The van der Waals surface area contributed by atoms with Crippen LogP contribution in [0.5, 0.6) is 5.75 Å². The van der Waals surface area contributed by atoms with Gasteiger partial charge in [-0.25, -0.2) is 4.39 Å². The molecule has 1 aromatic carbocycles. The van der Waals surface area contributed by atoms with E-state index in [2.05, 4.69) is 20.7 Å². The lowest BCUT2D eigenvalue weighted by molar-refractivity contribution is -0.389. The van der Waals surface area contributed by atoms with E-state index in [1.54, 1.807) is 0 Å². The van der Waals surface area contributed by atoms with Crippen molar-refractivity contribution < 1.29 is 57.4 Å². The van der Waals surface area contributed by atoms with Gasteiger partial charge in [0.15, 0.2) is 0 Å². The highest BCUT2D eigenvalue weighted by atomic mass is 79.9. The van der Waals surface area contributed by atoms with E-state index >= 15 is 0 Å². The van der Waals surface area contributed by atoms with Crippen molar-refractivity contribution in [2.24, 2.45) is 0 Å². The number of rotatable bonds is 3. The summed E-state index contributed by atoms with van der Waals surface area (Å²) >= 11 is 2.23. The zero-order valence-electron chi connectivity index (χ0n) is 11.0. The van der Waals surface area contributed by atoms with Gasteiger partial charge < -0.3 is 4.74 Å². The first-order valence-electron chi connectivity index (χ1n) is 5.52. The summed E-state index contributed by atoms with van der Waals surface area (Å²) < 4.78 is 154. The largest absolute Gasteiger partial charge is 0.573 e. The molecule has 0 aliphatic rings. The summed E-state index contributed by atoms with van der Waals surface area (Å²) in [4.78, 5) is 0. The van der Waals surface area contributed by atoms with Crippen molar-refractivity contribution in [3.8, 4) is 5.75 Å². The average molecular weight is 458 g/mol. The third-order valence-corrected chi connectivity index (χ3v) is 3.04. The van der Waals surface area contributed by atoms with E-state index in [0.717, 1.165) is 0 Å². The van der Waals surface area contributed by atoms with Gasteiger partial charge in [-0.2, -0.15) is 35.1 Å². The Labute approximate surface area is 138 Å². The van der Waals surface area contributed by atoms with Crippen molar-refractivity contribution in [3.05, 3.63) is 28.2 Å². The van der Waals surface area contributed by atoms with E-state index in [0.29, 0.717) is 0 Å². The number of hydrogen-bond acceptors (Lipinski definition) is 1. The molecule has 1 rings (SSSR count). The number of hydrogen-bond donors (Lipinski definition) is 0. The fraction of sp³-hybridized carbons (Fsp3) is 0.455. The third-order valence-electron chi connectivity index (χ3n) is 2.61. The summed E-state index contributed by atoms with van der Waals surface area (Å²) in [7, 11) is 0. The number of halogens is 13. The molecule has 0 fully saturated rings. The van der Waals surface area contributed by atoms with Gasteiger partial charge in [-0.15, -0.1) is 13.2 Å². The molecule has 143 valence electrons. The van der Waals surface area contributed by atoms with Crippen LogP contribution in [0, 0.1) is 6.07 Å². The molecule has 0 bridgehead atoms. The zero-order chi connectivity index (χ0) is 20.1. The molecule has 0 heterocycles. The maximum absolute atomic E-state index is 14.1. The first kappa shape index (κ1) is 21.7. The van der Waals surface area contributed by atoms with Gasteiger partial charge in [0, 0.05) is 16.1 Å². The van der Waals surface area contributed by atoms with Crippen molar-refractivity contribution in [1.29, 1.82) is 0 Å². The van der Waals surface area contributed by atoms with Gasteiger partial charge in [-0.3, -0.25) is 0 Å². The Bertz CT molecular complexity index is 631. The Balaban J connectivity index is 3.70. The van der Waals surface area contributed by atoms with Crippen molar-refractivity contribution in [1.82, 2.24) is 0 Å². The quantitative estimate of drug-likeness (QED) is 0.500. The van der Waals surface area contributed by atoms with Crippen LogP contribution < -0.4 is 4.74 Å². The van der Waals surface area contributed by atoms with Crippen LogP contribution in [0.3, 0.4) is 0 Å². The first-order valence-corrected chi connectivity index (χ1v) is 6.31. The summed E-state index contributed by atoms with van der Waals surface area (Å²) in [6.07, 6.45) is -19.4. The highest BCUT2D eigenvalue weighted by Crippen LogP contribution is 2.58. The van der Waals surface area contributed by atoms with E-state index < -0.39 is 52.2 Å². The summed E-state index contributed by atoms with van der Waals surface area (Å²) in [5, 5.41) is 0. The molecule has 1 aromatic rings. The van der Waals surface area contributed by atoms with Crippen molar-refractivity contribution in [3.63, 3.8) is 0 Å². The molecular weight excluding hydrogens is 456 g/mol. The van der Waals surface area contributed by atoms with Crippen LogP contribution in [0.4, 0.5) is 52.7 Å². The molecule has 1 atom stereocenters. The molecule has 0 aromatic heterocycles. The van der Waals surface area contributed by atoms with Crippen LogP contribution in [-0.2, 0) is 5.67 Å². The summed E-state index contributed by atoms with van der Waals surface area (Å²) in [5.41, 5.74) is -8.85. The average Bonchev–Trinajstić information content (AvgIpc) is 2.31. The Morgan fingerprint density at radius 2 is 1.24 bits per heavy atom. The topological polar surface area (TPSA) is 9.23 Å². The van der Waals surface area contributed by atoms with Crippen LogP contribution in [-0.4, -0.2) is 24.6 Å². The highest BCUT2D eigenvalue weighted by Gasteiger charge is 2.81. The maximum Gasteiger partial charge on any atom is 0.573 e. The Morgan fingerprint density at radius 1 is 0.760 bits per heavy atom. The monoisotopic (exact) mass is 457 g/mol. The standard InChI is InChI=1S/C11H2BrF12O/c12-5-1-4(2-6(3-5)25-11(22,23)24)7(13,9(16,17)18)8(14,15)10(19,20)21/h1-2H. The van der Waals surface area contributed by atoms with Gasteiger partial charge in [0.1, 0.15) is 5.75 Å². The van der Waals surface area contributed by atoms with Gasteiger partial charge in [0.2, 0.25) is 0 Å². The van der Waals surface area contributed by atoms with Crippen molar-refractivity contribution in [2.75, 3.05) is 0 Å². The predicted octanol–water partition coefficient (Wildman–Crippen LogP) is 6.07. The Morgan fingerprint density at radius 3 is 1.60 bits per heavy atom. The maximum atomic E-state index is 14.1. The molecule has 1 radical (unpaired) electrons. The minimum absolute atomic E-state index is 0.226. The minimum atomic E-state index is -7.02. The lowest BCUT2D eigenvalue weighted by Crippen LogP contribution is -2.59. The van der Waals surface area contributed by atoms with E-state index in [9.17, 15) is 52.7 Å². The van der Waals surface area contributed by atoms with E-state index in [1.165, 1.54) is 6.07 Å². The lowest BCUT2D eigenvalue weighted by atomic mass is 9.87. The lowest BCUT2D eigenvalue weighted by Gasteiger charge is -2.36. The van der Waals surface area contributed by atoms with Crippen LogP contribution in [0.25, 0.3) is 0 Å². The number of alkyl halides is 12. The van der Waals surface area contributed by atoms with Crippen LogP contribution in [0.15, 0.2) is 16.6 Å². The molecular formula is C11H2BrF12O. The van der Waals surface area contributed by atoms with Crippen LogP contribution >= 0.6 is 15.9 Å². The zero-order valence-corrected chi connectivity index (χ0v) is 12.6. The number of ether oxygens (including phenoxy) is 1. The molecule has 1 unspecified atom stereocenters. The highest BCUT2D eigenvalue weighted by molar-refractivity contribution is 9.10. The fourth-order valence-corrected chi connectivity index (χ4v) is 2.05. The molecule has 0 N–H and O–H groups in total. The molecule has 14 heteroatoms. The second-order valence-corrected chi connectivity index (χ2v) is 5.21.